The van der Waals surface area contributed by atoms with Crippen molar-refractivity contribution in [2.75, 3.05) is 27.3 Å². The maximum Gasteiger partial charge on any atom is 0.340 e. The number of carbonyl (C=O) groups is 2. The minimum atomic E-state index is -0.440. The number of Topliss-reactive ketones (excluding diaryl/α,β-unsaturated/α-hetero) is 1. The van der Waals surface area contributed by atoms with Crippen LogP contribution in [-0.4, -0.2) is 48.9 Å². The number of hydrogen-bond donors (Lipinski definition) is 1. The molecular weight excluding hydrogens is 351 g/mol. The lowest BCUT2D eigenvalue weighted by Crippen LogP contribution is -2.26. The van der Waals surface area contributed by atoms with E-state index >= 15 is 0 Å². The maximum atomic E-state index is 13.8. The van der Waals surface area contributed by atoms with Crippen LogP contribution in [0.5, 0.6) is 5.75 Å². The first kappa shape index (κ1) is 20.6. The fourth-order valence-corrected chi connectivity index (χ4v) is 3.04. The van der Waals surface area contributed by atoms with Gasteiger partial charge >= 0.3 is 5.97 Å². The minimum absolute atomic E-state index is 0.122. The van der Waals surface area contributed by atoms with E-state index in [0.717, 1.165) is 5.56 Å². The Bertz CT molecular complexity index is 845. The summed E-state index contributed by atoms with van der Waals surface area (Å²) >= 11 is 0. The molecule has 0 aliphatic heterocycles. The summed E-state index contributed by atoms with van der Waals surface area (Å²) in [5.41, 5.74) is 2.72. The number of aromatic nitrogens is 1. The number of nitrogens with one attached hydrogen (secondary N) is 1. The van der Waals surface area contributed by atoms with Gasteiger partial charge in [0.2, 0.25) is 0 Å². The highest BCUT2D eigenvalue weighted by Crippen LogP contribution is 2.21. The van der Waals surface area contributed by atoms with Crippen LogP contribution in [0.4, 0.5) is 4.39 Å². The fraction of sp³-hybridized carbons (Fsp3) is 0.400. The minimum Gasteiger partial charge on any atom is -0.494 e. The van der Waals surface area contributed by atoms with E-state index in [1.54, 1.807) is 44.9 Å². The number of methoxy groups -OCH3 is 1. The molecule has 0 spiro atoms. The smallest absolute Gasteiger partial charge is 0.340 e. The van der Waals surface area contributed by atoms with Gasteiger partial charge in [-0.05, 0) is 51.1 Å². The van der Waals surface area contributed by atoms with Gasteiger partial charge in [-0.3, -0.25) is 9.69 Å². The van der Waals surface area contributed by atoms with Crippen LogP contribution in [0.3, 0.4) is 0 Å². The number of ether oxygens (including phenoxy) is 2. The summed E-state index contributed by atoms with van der Waals surface area (Å²) in [4.78, 5) is 29.5. The molecule has 0 saturated carbocycles. The van der Waals surface area contributed by atoms with Gasteiger partial charge in [-0.1, -0.05) is 6.07 Å². The first-order chi connectivity index (χ1) is 12.8. The Morgan fingerprint density at radius 3 is 2.56 bits per heavy atom. The van der Waals surface area contributed by atoms with E-state index in [1.165, 1.54) is 13.2 Å². The third-order valence-corrected chi connectivity index (χ3v) is 4.28. The zero-order valence-electron chi connectivity index (χ0n) is 16.3. The average molecular weight is 376 g/mol. The molecule has 6 nitrogen and oxygen atoms in total. The highest BCUT2D eigenvalue weighted by atomic mass is 19.1. The first-order valence-corrected chi connectivity index (χ1v) is 8.68. The number of nitrogens with zero attached hydrogens (tertiary/aromatic N) is 1. The monoisotopic (exact) mass is 376 g/mol. The topological polar surface area (TPSA) is 71.6 Å². The van der Waals surface area contributed by atoms with Crippen molar-refractivity contribution in [2.45, 2.75) is 27.3 Å². The van der Waals surface area contributed by atoms with Crippen molar-refractivity contribution in [3.63, 3.8) is 0 Å². The van der Waals surface area contributed by atoms with Crippen molar-refractivity contribution < 1.29 is 23.5 Å². The summed E-state index contributed by atoms with van der Waals surface area (Å²) in [7, 11) is 3.19. The summed E-state index contributed by atoms with van der Waals surface area (Å²) < 4.78 is 23.8. The predicted octanol–water partition coefficient (Wildman–Crippen LogP) is 3.27. The van der Waals surface area contributed by atoms with Crippen molar-refractivity contribution in [2.24, 2.45) is 0 Å². The number of likely N-dealkylation sites (N-methyl/N-ethyl adjacent to an activating group) is 1. The molecule has 2 rings (SSSR count). The zero-order chi connectivity index (χ0) is 20.1. The molecule has 1 heterocycles. The molecule has 1 N–H and O–H groups in total. The molecule has 0 amide bonds. The zero-order valence-corrected chi connectivity index (χ0v) is 16.3. The first-order valence-electron chi connectivity index (χ1n) is 8.68. The molecule has 146 valence electrons. The number of aromatic amines is 1. The summed E-state index contributed by atoms with van der Waals surface area (Å²) in [5.74, 6) is -0.849. The van der Waals surface area contributed by atoms with Gasteiger partial charge in [0.05, 0.1) is 31.5 Å². The van der Waals surface area contributed by atoms with Crippen LogP contribution < -0.4 is 4.74 Å². The van der Waals surface area contributed by atoms with Crippen molar-refractivity contribution in [1.29, 1.82) is 0 Å². The molecule has 0 unspecified atom stereocenters. The lowest BCUT2D eigenvalue weighted by molar-refractivity contribution is 0.0525. The third kappa shape index (κ3) is 4.74. The molecule has 2 aromatic rings. The molecule has 1 aromatic heterocycles. The van der Waals surface area contributed by atoms with Crippen LogP contribution in [-0.2, 0) is 11.3 Å². The normalized spacial score (nSPS) is 10.9. The maximum absolute atomic E-state index is 13.8. The van der Waals surface area contributed by atoms with Crippen molar-refractivity contribution in [3.05, 3.63) is 52.1 Å². The molecule has 1 aromatic carbocycles. The number of aryl methyl sites for hydroxylation is 1. The molecular formula is C20H25FN2O4. The third-order valence-electron chi connectivity index (χ3n) is 4.28. The molecule has 0 aliphatic rings. The van der Waals surface area contributed by atoms with Gasteiger partial charge in [0.25, 0.3) is 0 Å². The van der Waals surface area contributed by atoms with Crippen molar-refractivity contribution in [1.82, 2.24) is 9.88 Å². The highest BCUT2D eigenvalue weighted by Gasteiger charge is 2.23. The summed E-state index contributed by atoms with van der Waals surface area (Å²) in [6, 6.07) is 4.71. The van der Waals surface area contributed by atoms with Crippen molar-refractivity contribution in [3.8, 4) is 5.75 Å². The Morgan fingerprint density at radius 2 is 1.96 bits per heavy atom. The predicted molar refractivity (Wildman–Crippen MR) is 99.8 cm³/mol. The van der Waals surface area contributed by atoms with E-state index in [9.17, 15) is 14.0 Å². The van der Waals surface area contributed by atoms with Gasteiger partial charge in [0, 0.05) is 12.2 Å². The Labute approximate surface area is 158 Å². The largest absolute Gasteiger partial charge is 0.494 e. The van der Waals surface area contributed by atoms with Gasteiger partial charge in [-0.2, -0.15) is 0 Å². The van der Waals surface area contributed by atoms with Crippen molar-refractivity contribution >= 4 is 11.8 Å². The van der Waals surface area contributed by atoms with Gasteiger partial charge < -0.3 is 14.5 Å². The van der Waals surface area contributed by atoms with Crippen LogP contribution in [0, 0.1) is 19.7 Å². The number of ketones is 1. The van der Waals surface area contributed by atoms with Crippen LogP contribution in [0.15, 0.2) is 18.2 Å². The number of rotatable bonds is 8. The number of halogens is 1. The molecule has 0 radical (unpaired) electrons. The number of H-pyrrole nitrogens is 1. The van der Waals surface area contributed by atoms with E-state index in [-0.39, 0.29) is 24.7 Å². The quantitative estimate of drug-likeness (QED) is 0.566. The molecule has 0 atom stereocenters. The van der Waals surface area contributed by atoms with E-state index < -0.39 is 11.8 Å². The number of esters is 1. The van der Waals surface area contributed by atoms with Crippen LogP contribution >= 0.6 is 0 Å². The van der Waals surface area contributed by atoms with Crippen LogP contribution in [0.1, 0.15) is 44.6 Å². The molecule has 0 fully saturated rings. The van der Waals surface area contributed by atoms with Gasteiger partial charge in [-0.25, -0.2) is 9.18 Å². The Balaban J connectivity index is 2.09. The molecule has 7 heteroatoms. The summed E-state index contributed by atoms with van der Waals surface area (Å²) in [6.07, 6.45) is 0. The second kappa shape index (κ2) is 8.81. The SMILES string of the molecule is CCOC(=O)c1c(C)[nH]c(C(=O)CN(C)Cc2ccc(OC)c(F)c2)c1C. The van der Waals surface area contributed by atoms with Gasteiger partial charge in [0.15, 0.2) is 17.3 Å². The Morgan fingerprint density at radius 1 is 1.26 bits per heavy atom. The standard InChI is InChI=1S/C20H25FN2O4/c1-6-27-20(25)18-12(2)19(22-13(18)3)16(24)11-23(4)10-14-7-8-17(26-5)15(21)9-14/h7-9,22H,6,10-11H2,1-5H3. The molecule has 0 saturated heterocycles. The molecule has 0 aliphatic carbocycles. The Hall–Kier alpha value is -2.67. The van der Waals surface area contributed by atoms with Crippen LogP contribution in [0.25, 0.3) is 0 Å². The van der Waals surface area contributed by atoms with E-state index in [2.05, 4.69) is 4.98 Å². The van der Waals surface area contributed by atoms with Crippen LogP contribution in [0.2, 0.25) is 0 Å². The number of carbonyl (C=O) groups excluding carboxylic acids is 2. The summed E-state index contributed by atoms with van der Waals surface area (Å²) in [5, 5.41) is 0. The summed E-state index contributed by atoms with van der Waals surface area (Å²) in [6.45, 7) is 5.99. The van der Waals surface area contributed by atoms with Gasteiger partial charge in [0.1, 0.15) is 0 Å². The lowest BCUT2D eigenvalue weighted by Gasteiger charge is -2.16. The van der Waals surface area contributed by atoms with E-state index in [4.69, 9.17) is 9.47 Å². The lowest BCUT2D eigenvalue weighted by atomic mass is 10.1. The Kier molecular flexibility index (Phi) is 6.74. The van der Waals surface area contributed by atoms with E-state index in [1.807, 2.05) is 0 Å². The number of hydrogen-bond acceptors (Lipinski definition) is 5. The highest BCUT2D eigenvalue weighted by molar-refractivity contribution is 6.02. The molecule has 27 heavy (non-hydrogen) atoms. The fourth-order valence-electron chi connectivity index (χ4n) is 3.04. The van der Waals surface area contributed by atoms with Gasteiger partial charge in [-0.15, -0.1) is 0 Å². The average Bonchev–Trinajstić information content (AvgIpc) is 2.89. The molecule has 0 bridgehead atoms. The van der Waals surface area contributed by atoms with E-state index in [0.29, 0.717) is 29.1 Å². The second-order valence-electron chi connectivity index (χ2n) is 6.41. The number of benzene rings is 1. The second-order valence-corrected chi connectivity index (χ2v) is 6.41.